The summed E-state index contributed by atoms with van der Waals surface area (Å²) < 4.78 is 0.535. The van der Waals surface area contributed by atoms with Gasteiger partial charge < -0.3 is 15.3 Å². The molecule has 36 heavy (non-hydrogen) atoms. The van der Waals surface area contributed by atoms with E-state index in [1.165, 1.54) is 48.4 Å². The first-order chi connectivity index (χ1) is 17.6. The van der Waals surface area contributed by atoms with Crippen LogP contribution < -0.4 is 10.2 Å². The highest BCUT2D eigenvalue weighted by Gasteiger charge is 2.20. The van der Waals surface area contributed by atoms with Crippen molar-refractivity contribution in [2.24, 2.45) is 0 Å². The van der Waals surface area contributed by atoms with Crippen LogP contribution >= 0.6 is 15.9 Å². The van der Waals surface area contributed by atoms with Crippen LogP contribution in [0.15, 0.2) is 71.6 Å². The van der Waals surface area contributed by atoms with Crippen LogP contribution in [0, 0.1) is 0 Å². The number of halogens is 1. The van der Waals surface area contributed by atoms with Gasteiger partial charge in [0, 0.05) is 31.1 Å². The number of pyridine rings is 1. The molecule has 0 radical (unpaired) electrons. The third-order valence-electron chi connectivity index (χ3n) is 6.39. The summed E-state index contributed by atoms with van der Waals surface area (Å²) in [5.74, 6) is 0.0715. The normalized spacial score (nSPS) is 15.0. The Morgan fingerprint density at radius 1 is 1.00 bits per heavy atom. The molecule has 4 aromatic rings. The van der Waals surface area contributed by atoms with Gasteiger partial charge in [0.15, 0.2) is 0 Å². The van der Waals surface area contributed by atoms with E-state index in [9.17, 15) is 4.79 Å². The fourth-order valence-electron chi connectivity index (χ4n) is 4.34. The minimum absolute atomic E-state index is 0.0503. The first-order valence-electron chi connectivity index (χ1n) is 12.2. The molecule has 2 aliphatic rings. The van der Waals surface area contributed by atoms with E-state index in [4.69, 9.17) is 5.11 Å². The summed E-state index contributed by atoms with van der Waals surface area (Å²) in [5.41, 5.74) is 4.92. The van der Waals surface area contributed by atoms with Crippen molar-refractivity contribution in [1.82, 2.24) is 20.3 Å². The van der Waals surface area contributed by atoms with Gasteiger partial charge in [-0.05, 0) is 88.6 Å². The number of benzene rings is 2. The van der Waals surface area contributed by atoms with E-state index in [2.05, 4.69) is 83.6 Å². The van der Waals surface area contributed by atoms with Crippen LogP contribution in [-0.4, -0.2) is 45.2 Å². The molecule has 6 rings (SSSR count). The van der Waals surface area contributed by atoms with Gasteiger partial charge in [-0.15, -0.1) is 0 Å². The van der Waals surface area contributed by atoms with Crippen molar-refractivity contribution >= 4 is 38.6 Å². The van der Waals surface area contributed by atoms with Crippen molar-refractivity contribution in [3.8, 4) is 11.1 Å². The summed E-state index contributed by atoms with van der Waals surface area (Å²) in [6.45, 7) is 3.14. The molecule has 2 aromatic heterocycles. The SMILES string of the molecule is O=C(O)c1cccc(Br)n1.c1cc(CNC2CC2)cc(-c2ccc3ncnc(N4CCCC4)c3c2)c1. The van der Waals surface area contributed by atoms with Crippen LogP contribution in [0.5, 0.6) is 0 Å². The smallest absolute Gasteiger partial charge is 0.354 e. The fourth-order valence-corrected chi connectivity index (χ4v) is 4.69. The van der Waals surface area contributed by atoms with E-state index in [1.807, 2.05) is 0 Å². The molecular weight excluding hydrogens is 518 g/mol. The van der Waals surface area contributed by atoms with Gasteiger partial charge >= 0.3 is 5.97 Å². The molecule has 0 bridgehead atoms. The molecule has 0 amide bonds. The van der Waals surface area contributed by atoms with E-state index in [-0.39, 0.29) is 5.69 Å². The second kappa shape index (κ2) is 11.1. The molecule has 2 aromatic carbocycles. The van der Waals surface area contributed by atoms with Gasteiger partial charge in [-0.25, -0.2) is 19.7 Å². The second-order valence-corrected chi connectivity index (χ2v) is 9.94. The highest BCUT2D eigenvalue weighted by Crippen LogP contribution is 2.30. The first-order valence-corrected chi connectivity index (χ1v) is 13.0. The number of hydrogen-bond donors (Lipinski definition) is 2. The summed E-state index contributed by atoms with van der Waals surface area (Å²) in [4.78, 5) is 25.4. The first kappa shape index (κ1) is 24.3. The van der Waals surface area contributed by atoms with E-state index < -0.39 is 5.97 Å². The monoisotopic (exact) mass is 545 g/mol. The predicted octanol–water partition coefficient (Wildman–Crippen LogP) is 5.69. The second-order valence-electron chi connectivity index (χ2n) is 9.13. The number of rotatable bonds is 6. The molecule has 2 fully saturated rings. The van der Waals surface area contributed by atoms with Gasteiger partial charge in [-0.1, -0.05) is 30.3 Å². The molecule has 8 heteroatoms. The number of aromatic carboxylic acids is 1. The zero-order valence-corrected chi connectivity index (χ0v) is 21.5. The van der Waals surface area contributed by atoms with Gasteiger partial charge in [0.2, 0.25) is 0 Å². The standard InChI is InChI=1S/C22H24N4.C6H4BrNO2/c1-2-11-26(10-1)22-20-13-18(6-9-21(20)24-15-25-22)17-5-3-4-16(12-17)14-23-19-7-8-19;7-5-3-1-2-4(8-5)6(9)10/h3-6,9,12-13,15,19,23H,1-2,7-8,10-11,14H2;1-3H,(H,9,10). The van der Waals surface area contributed by atoms with E-state index in [0.29, 0.717) is 4.60 Å². The Kier molecular flexibility index (Phi) is 7.53. The number of carbonyl (C=O) groups is 1. The van der Waals surface area contributed by atoms with Crippen LogP contribution in [0.3, 0.4) is 0 Å². The molecule has 0 atom stereocenters. The molecule has 0 spiro atoms. The Balaban J connectivity index is 0.000000226. The number of carboxylic acids is 1. The average Bonchev–Trinajstić information content (AvgIpc) is 3.58. The Morgan fingerprint density at radius 3 is 2.50 bits per heavy atom. The van der Waals surface area contributed by atoms with Crippen LogP contribution in [0.25, 0.3) is 22.0 Å². The third-order valence-corrected chi connectivity index (χ3v) is 6.83. The summed E-state index contributed by atoms with van der Waals surface area (Å²) in [5, 5.41) is 13.2. The van der Waals surface area contributed by atoms with Gasteiger partial charge in [0.25, 0.3) is 0 Å². The van der Waals surface area contributed by atoms with E-state index in [0.717, 1.165) is 42.4 Å². The number of anilines is 1. The van der Waals surface area contributed by atoms with Crippen molar-refractivity contribution < 1.29 is 9.90 Å². The number of hydrogen-bond acceptors (Lipinski definition) is 6. The average molecular weight is 546 g/mol. The summed E-state index contributed by atoms with van der Waals surface area (Å²) >= 11 is 3.06. The molecule has 3 heterocycles. The number of nitrogens with zero attached hydrogens (tertiary/aromatic N) is 4. The number of nitrogens with one attached hydrogen (secondary N) is 1. The van der Waals surface area contributed by atoms with Crippen molar-refractivity contribution in [3.63, 3.8) is 0 Å². The van der Waals surface area contributed by atoms with Crippen molar-refractivity contribution in [2.75, 3.05) is 18.0 Å². The van der Waals surface area contributed by atoms with Crippen LogP contribution in [0.1, 0.15) is 41.7 Å². The van der Waals surface area contributed by atoms with Gasteiger partial charge in [-0.3, -0.25) is 0 Å². The summed E-state index contributed by atoms with van der Waals surface area (Å²) in [7, 11) is 0. The predicted molar refractivity (Wildman–Crippen MR) is 145 cm³/mol. The zero-order valence-electron chi connectivity index (χ0n) is 19.9. The largest absolute Gasteiger partial charge is 0.477 e. The maximum absolute atomic E-state index is 10.3. The number of fused-ring (bicyclic) bond motifs is 1. The Labute approximate surface area is 218 Å². The topological polar surface area (TPSA) is 91.2 Å². The minimum atomic E-state index is -1.01. The summed E-state index contributed by atoms with van der Waals surface area (Å²) in [6, 6.07) is 20.9. The lowest BCUT2D eigenvalue weighted by Crippen LogP contribution is -2.19. The number of aromatic nitrogens is 3. The minimum Gasteiger partial charge on any atom is -0.477 e. The molecule has 1 saturated carbocycles. The molecular formula is C28H28BrN5O2. The Bertz CT molecular complexity index is 1370. The Morgan fingerprint density at radius 2 is 1.78 bits per heavy atom. The van der Waals surface area contributed by atoms with Crippen LogP contribution in [0.4, 0.5) is 5.82 Å². The lowest BCUT2D eigenvalue weighted by atomic mass is 10.0. The van der Waals surface area contributed by atoms with Crippen LogP contribution in [0.2, 0.25) is 0 Å². The maximum Gasteiger partial charge on any atom is 0.354 e. The van der Waals surface area contributed by atoms with Gasteiger partial charge in [0.1, 0.15) is 22.4 Å². The van der Waals surface area contributed by atoms with E-state index in [1.54, 1.807) is 18.5 Å². The maximum atomic E-state index is 10.3. The van der Waals surface area contributed by atoms with Crippen molar-refractivity contribution in [1.29, 1.82) is 0 Å². The highest BCUT2D eigenvalue weighted by atomic mass is 79.9. The fraction of sp³-hybridized carbons (Fsp3) is 0.286. The molecule has 1 aliphatic heterocycles. The summed E-state index contributed by atoms with van der Waals surface area (Å²) in [6.07, 6.45) is 6.84. The lowest BCUT2D eigenvalue weighted by molar-refractivity contribution is 0.0690. The van der Waals surface area contributed by atoms with Crippen molar-refractivity contribution in [3.05, 3.63) is 82.9 Å². The van der Waals surface area contributed by atoms with Crippen molar-refractivity contribution in [2.45, 2.75) is 38.3 Å². The zero-order chi connectivity index (χ0) is 24.9. The number of carboxylic acid groups (broad SMARTS) is 1. The van der Waals surface area contributed by atoms with Crippen LogP contribution in [-0.2, 0) is 6.54 Å². The highest BCUT2D eigenvalue weighted by molar-refractivity contribution is 9.10. The van der Waals surface area contributed by atoms with Gasteiger partial charge in [0.05, 0.1) is 5.52 Å². The molecule has 2 N–H and O–H groups in total. The molecule has 1 aliphatic carbocycles. The molecule has 184 valence electrons. The molecule has 0 unspecified atom stereocenters. The van der Waals surface area contributed by atoms with Gasteiger partial charge in [-0.2, -0.15) is 0 Å². The van der Waals surface area contributed by atoms with E-state index >= 15 is 0 Å². The Hall–Kier alpha value is -3.36. The lowest BCUT2D eigenvalue weighted by Gasteiger charge is -2.18. The molecule has 1 saturated heterocycles. The molecule has 7 nitrogen and oxygen atoms in total. The quantitative estimate of drug-likeness (QED) is 0.300. The third kappa shape index (κ3) is 6.06.